The molecule has 6 nitrogen and oxygen atoms in total. The summed E-state index contributed by atoms with van der Waals surface area (Å²) in [6.07, 6.45) is 2.12. The first-order valence-electron chi connectivity index (χ1n) is 40.9. The minimum absolute atomic E-state index is 0.175. The van der Waals surface area contributed by atoms with Crippen molar-refractivity contribution in [2.75, 3.05) is 0 Å². The second kappa shape index (κ2) is 28.2. The fraction of sp³-hybridized carbons (Fsp3) is 0.111. The molecule has 117 heavy (non-hydrogen) atoms. The predicted molar refractivity (Wildman–Crippen MR) is 487 cm³/mol. The summed E-state index contributed by atoms with van der Waals surface area (Å²) in [4.78, 5) is 0. The summed E-state index contributed by atoms with van der Waals surface area (Å²) in [5, 5.41) is 8.12. The van der Waals surface area contributed by atoms with Crippen molar-refractivity contribution in [1.29, 1.82) is 0 Å². The molecule has 0 saturated carbocycles. The molecule has 0 aromatic heterocycles. The van der Waals surface area contributed by atoms with Crippen LogP contribution in [0.15, 0.2) is 297 Å². The van der Waals surface area contributed by atoms with Gasteiger partial charge in [0.25, 0.3) is 20.1 Å². The lowest BCUT2D eigenvalue weighted by Gasteiger charge is -2.33. The normalized spacial score (nSPS) is 13.0. The highest BCUT2D eigenvalue weighted by atomic mass is 16.5. The molecular weight excluding hydrogens is 1430 g/mol. The van der Waals surface area contributed by atoms with Crippen LogP contribution in [0.2, 0.25) is 0 Å². The summed E-state index contributed by atoms with van der Waals surface area (Å²) in [7, 11) is 0. The van der Waals surface area contributed by atoms with Crippen LogP contribution in [0.3, 0.4) is 0 Å². The molecule has 0 saturated heterocycles. The van der Waals surface area contributed by atoms with E-state index in [2.05, 4.69) is 312 Å². The first-order chi connectivity index (χ1) is 57.1. The largest absolute Gasteiger partial charge is 0.458 e. The average molecular weight is 1510 g/mol. The van der Waals surface area contributed by atoms with E-state index in [1.54, 1.807) is 0 Å². The van der Waals surface area contributed by atoms with Crippen molar-refractivity contribution in [3.05, 3.63) is 375 Å². The van der Waals surface area contributed by atoms with Gasteiger partial charge in [0.1, 0.15) is 69.0 Å². The Hall–Kier alpha value is -13.5. The van der Waals surface area contributed by atoms with Crippen LogP contribution >= 0.6 is 0 Å². The van der Waals surface area contributed by atoms with Crippen molar-refractivity contribution < 1.29 is 28.4 Å². The maximum atomic E-state index is 6.22. The van der Waals surface area contributed by atoms with Crippen molar-refractivity contribution in [3.8, 4) is 102 Å². The quantitative estimate of drug-likeness (QED) is 0.121. The van der Waals surface area contributed by atoms with Crippen LogP contribution < -0.4 is 77.6 Å². The predicted octanol–water partition coefficient (Wildman–Crippen LogP) is 22.0. The molecule has 0 spiro atoms. The topological polar surface area (TPSA) is 55.4 Å². The minimum atomic E-state index is 0.175. The van der Waals surface area contributed by atoms with E-state index in [-0.39, 0.29) is 20.1 Å². The summed E-state index contributed by atoms with van der Waals surface area (Å²) in [5.41, 5.74) is 37.5. The molecule has 8 aliphatic rings. The number of para-hydroxylation sites is 2. The molecule has 17 aromatic carbocycles. The molecule has 0 amide bonds. The molecule has 0 fully saturated rings. The second-order valence-corrected chi connectivity index (χ2v) is 33.0. The molecule has 2 aliphatic carbocycles. The SMILES string of the molecule is Cc1c2ccccc2c(C)c2cc3ccccc3cc12.Cc1ccc2c(c1)-c1cc(-c3ccc4c(c3)-c3cc(C)ccc3C4)ccc1C2.Cc1ccc2c(c1)B1c3cc(C)ccc3Oc3cccc(c31)O2.Cc1ccc2c(c1)Oc1cccc3c1B2c1ccc(C)cc1O3.Cc1cccc2c1Oc1cccc3c1B2c1cccc(C)c1O3. The zero-order valence-corrected chi connectivity index (χ0v) is 67.4. The Balaban J connectivity index is 0.0000000915. The molecule has 0 unspecified atom stereocenters. The second-order valence-electron chi connectivity index (χ2n) is 33.0. The van der Waals surface area contributed by atoms with Gasteiger partial charge in [0.15, 0.2) is 0 Å². The maximum absolute atomic E-state index is 6.22. The number of aryl methyl sites for hydroxylation is 10. The van der Waals surface area contributed by atoms with Gasteiger partial charge in [-0.2, -0.15) is 0 Å². The van der Waals surface area contributed by atoms with E-state index in [4.69, 9.17) is 28.4 Å². The highest BCUT2D eigenvalue weighted by molar-refractivity contribution is 6.99. The molecule has 0 radical (unpaired) electrons. The Morgan fingerprint density at radius 3 is 0.966 bits per heavy atom. The number of hydrogen-bond acceptors (Lipinski definition) is 6. The van der Waals surface area contributed by atoms with Gasteiger partial charge < -0.3 is 28.4 Å². The van der Waals surface area contributed by atoms with E-state index in [1.165, 1.54) is 176 Å². The standard InChI is InChI=1S/C28H22.3C20H15BO2.C20H16/c1-17-3-5-21-13-23-9-7-19(15-27(23)25(21)11-17)20-8-10-24-14-22-6-4-18(2)12-26(22)28(24)16-20;1-12-6-3-8-14-19(12)22-16-10-5-11-17-18(16)21(14)15-9-4-7-13(2)20(15)23-17;1-12-6-8-16-14(10-12)21-15-11-13(2)7-9-17(15)23-19-5-3-4-18(22-16)20(19)21;1-12-6-8-14-18(10-12)22-16-4-3-5-17-20(16)21(14)15-9-7-13(2)11-19(15)23-17;1-13-17-9-5-6-10-18(17)14(2)20-12-16-8-4-3-7-15(16)11-19(13)20/h3-12,15-16H,13-14H2,1-2H3;3*3-11H,1-2H3;3-12H,1-2H3. The summed E-state index contributed by atoms with van der Waals surface area (Å²) in [6.45, 7) is 22.0. The van der Waals surface area contributed by atoms with Crippen LogP contribution in [0, 0.1) is 69.2 Å². The van der Waals surface area contributed by atoms with Crippen molar-refractivity contribution in [1.82, 2.24) is 0 Å². The summed E-state index contributed by atoms with van der Waals surface area (Å²) >= 11 is 0. The zero-order chi connectivity index (χ0) is 79.2. The number of rotatable bonds is 1. The summed E-state index contributed by atoms with van der Waals surface area (Å²) < 4.78 is 37.1. The van der Waals surface area contributed by atoms with Gasteiger partial charge in [-0.1, -0.05) is 235 Å². The number of ether oxygens (including phenoxy) is 6. The van der Waals surface area contributed by atoms with Crippen LogP contribution in [0.25, 0.3) is 65.7 Å². The van der Waals surface area contributed by atoms with Crippen LogP contribution in [-0.4, -0.2) is 20.1 Å². The van der Waals surface area contributed by atoms with Crippen LogP contribution in [0.5, 0.6) is 69.0 Å². The van der Waals surface area contributed by atoms with E-state index in [1.807, 2.05) is 54.6 Å². The summed E-state index contributed by atoms with van der Waals surface area (Å²) in [5.74, 6) is 11.2. The van der Waals surface area contributed by atoms with E-state index in [0.717, 1.165) is 98.2 Å². The van der Waals surface area contributed by atoms with Crippen molar-refractivity contribution in [3.63, 3.8) is 0 Å². The Bertz CT molecular complexity index is 6670. The lowest BCUT2D eigenvalue weighted by molar-refractivity contribution is 0.461. The maximum Gasteiger partial charge on any atom is 0.260 e. The van der Waals surface area contributed by atoms with Crippen molar-refractivity contribution >= 4 is 102 Å². The van der Waals surface area contributed by atoms with E-state index in [9.17, 15) is 0 Å². The molecule has 0 atom stereocenters. The molecule has 0 bridgehead atoms. The first-order valence-corrected chi connectivity index (χ1v) is 40.9. The fourth-order valence-electron chi connectivity index (χ4n) is 19.3. The third kappa shape index (κ3) is 12.3. The van der Waals surface area contributed by atoms with Crippen LogP contribution in [0.1, 0.15) is 77.9 Å². The molecule has 0 N–H and O–H groups in total. The third-order valence-corrected chi connectivity index (χ3v) is 25.1. The highest BCUT2D eigenvalue weighted by Crippen LogP contribution is 2.45. The Kier molecular flexibility index (Phi) is 17.2. The van der Waals surface area contributed by atoms with Gasteiger partial charge in [0, 0.05) is 16.4 Å². The monoisotopic (exact) mass is 1510 g/mol. The van der Waals surface area contributed by atoms with Gasteiger partial charge in [0.05, 0.1) is 0 Å². The van der Waals surface area contributed by atoms with Crippen LogP contribution in [0.4, 0.5) is 0 Å². The van der Waals surface area contributed by atoms with Gasteiger partial charge >= 0.3 is 0 Å². The number of benzene rings is 17. The molecule has 17 aromatic rings. The average Bonchev–Trinajstić information content (AvgIpc) is 1.45. The zero-order valence-electron chi connectivity index (χ0n) is 67.4. The molecule has 560 valence electrons. The van der Waals surface area contributed by atoms with Gasteiger partial charge in [-0.3, -0.25) is 0 Å². The molecule has 6 aliphatic heterocycles. The van der Waals surface area contributed by atoms with Crippen LogP contribution in [-0.2, 0) is 12.8 Å². The van der Waals surface area contributed by atoms with Gasteiger partial charge in [-0.05, 0) is 321 Å². The molecular formula is C108H83B3O6. The first kappa shape index (κ1) is 71.3. The Labute approximate surface area is 685 Å². The molecule has 25 rings (SSSR count). The summed E-state index contributed by atoms with van der Waals surface area (Å²) in [6, 6.07) is 106. The fourth-order valence-corrected chi connectivity index (χ4v) is 19.3. The number of fused-ring (bicyclic) bond motifs is 21. The highest BCUT2D eigenvalue weighted by Gasteiger charge is 2.44. The van der Waals surface area contributed by atoms with Crippen molar-refractivity contribution in [2.45, 2.75) is 82.1 Å². The van der Waals surface area contributed by atoms with Gasteiger partial charge in [-0.25, -0.2) is 0 Å². The Morgan fingerprint density at radius 1 is 0.214 bits per heavy atom. The number of hydrogen-bond donors (Lipinski definition) is 0. The van der Waals surface area contributed by atoms with E-state index < -0.39 is 0 Å². The van der Waals surface area contributed by atoms with E-state index in [0.29, 0.717) is 0 Å². The third-order valence-electron chi connectivity index (χ3n) is 25.1. The lowest BCUT2D eigenvalue weighted by atomic mass is 9.34. The molecule has 9 heteroatoms. The minimum Gasteiger partial charge on any atom is -0.458 e. The van der Waals surface area contributed by atoms with E-state index >= 15 is 0 Å². The van der Waals surface area contributed by atoms with Gasteiger partial charge in [0.2, 0.25) is 0 Å². The van der Waals surface area contributed by atoms with Gasteiger partial charge in [-0.15, -0.1) is 0 Å². The lowest BCUT2D eigenvalue weighted by Crippen LogP contribution is -2.57. The smallest absolute Gasteiger partial charge is 0.260 e. The Morgan fingerprint density at radius 2 is 0.538 bits per heavy atom. The van der Waals surface area contributed by atoms with Crippen molar-refractivity contribution in [2.24, 2.45) is 0 Å². The molecule has 6 heterocycles.